The van der Waals surface area contributed by atoms with Crippen LogP contribution in [0, 0.1) is 0 Å². The number of fused-ring (bicyclic) bond motifs is 1. The maximum absolute atomic E-state index is 12.5. The normalized spacial score (nSPS) is 14.6. The molecule has 0 fully saturated rings. The molecule has 1 amide bonds. The van der Waals surface area contributed by atoms with Crippen LogP contribution >= 0.6 is 11.6 Å². The standard InChI is InChI=1S/C20H22ClNO2/c1-13(15-8-7-14-5-3-4-6-16(14)11-15)22-20(23)17-9-10-19(24-2)18(21)12-17/h7-13H,3-6H2,1-2H3,(H,22,23). The Balaban J connectivity index is 1.73. The maximum atomic E-state index is 12.5. The molecule has 1 aliphatic rings. The van der Waals surface area contributed by atoms with Crippen LogP contribution in [0.1, 0.15) is 52.9 Å². The highest BCUT2D eigenvalue weighted by atomic mass is 35.5. The molecule has 0 heterocycles. The monoisotopic (exact) mass is 343 g/mol. The number of halogens is 1. The van der Waals surface area contributed by atoms with Crippen LogP contribution in [-0.2, 0) is 12.8 Å². The summed E-state index contributed by atoms with van der Waals surface area (Å²) in [4.78, 5) is 12.5. The summed E-state index contributed by atoms with van der Waals surface area (Å²) in [6.07, 6.45) is 4.83. The molecule has 0 saturated heterocycles. The van der Waals surface area contributed by atoms with Crippen LogP contribution in [0.5, 0.6) is 5.75 Å². The Labute approximate surface area is 148 Å². The fourth-order valence-electron chi connectivity index (χ4n) is 3.19. The van der Waals surface area contributed by atoms with E-state index in [-0.39, 0.29) is 11.9 Å². The van der Waals surface area contributed by atoms with E-state index in [4.69, 9.17) is 16.3 Å². The highest BCUT2D eigenvalue weighted by Crippen LogP contribution is 2.27. The van der Waals surface area contributed by atoms with Gasteiger partial charge in [0.05, 0.1) is 18.2 Å². The van der Waals surface area contributed by atoms with Crippen LogP contribution < -0.4 is 10.1 Å². The molecule has 0 saturated carbocycles. The molecule has 0 radical (unpaired) electrons. The number of hydrogen-bond acceptors (Lipinski definition) is 2. The molecule has 1 atom stereocenters. The van der Waals surface area contributed by atoms with Gasteiger partial charge in [-0.1, -0.05) is 29.8 Å². The van der Waals surface area contributed by atoms with Crippen LogP contribution in [0.4, 0.5) is 0 Å². The molecule has 0 aliphatic heterocycles. The van der Waals surface area contributed by atoms with Crippen molar-refractivity contribution in [1.29, 1.82) is 0 Å². The molecular formula is C20H22ClNO2. The van der Waals surface area contributed by atoms with Gasteiger partial charge in [0, 0.05) is 5.56 Å². The largest absolute Gasteiger partial charge is 0.495 e. The van der Waals surface area contributed by atoms with Crippen molar-refractivity contribution >= 4 is 17.5 Å². The Kier molecular flexibility index (Phi) is 5.10. The summed E-state index contributed by atoms with van der Waals surface area (Å²) in [5.41, 5.74) is 4.55. The lowest BCUT2D eigenvalue weighted by Gasteiger charge is -2.20. The average molecular weight is 344 g/mol. The number of ether oxygens (including phenoxy) is 1. The first-order valence-electron chi connectivity index (χ1n) is 8.34. The van der Waals surface area contributed by atoms with E-state index in [1.54, 1.807) is 25.3 Å². The number of methoxy groups -OCH3 is 1. The van der Waals surface area contributed by atoms with Crippen molar-refractivity contribution < 1.29 is 9.53 Å². The van der Waals surface area contributed by atoms with E-state index in [0.29, 0.717) is 16.3 Å². The van der Waals surface area contributed by atoms with Crippen LogP contribution in [0.25, 0.3) is 0 Å². The van der Waals surface area contributed by atoms with Crippen LogP contribution in [0.15, 0.2) is 36.4 Å². The molecule has 3 nitrogen and oxygen atoms in total. The predicted octanol–water partition coefficient (Wildman–Crippen LogP) is 4.72. The van der Waals surface area contributed by atoms with E-state index in [2.05, 4.69) is 23.5 Å². The summed E-state index contributed by atoms with van der Waals surface area (Å²) in [5, 5.41) is 3.48. The first-order valence-corrected chi connectivity index (χ1v) is 8.72. The fraction of sp³-hybridized carbons (Fsp3) is 0.350. The minimum atomic E-state index is -0.134. The second kappa shape index (κ2) is 7.27. The lowest BCUT2D eigenvalue weighted by Crippen LogP contribution is -2.26. The third-order valence-corrected chi connectivity index (χ3v) is 4.93. The summed E-state index contributed by atoms with van der Waals surface area (Å²) >= 11 is 6.10. The SMILES string of the molecule is COc1ccc(C(=O)NC(C)c2ccc3c(c2)CCCC3)cc1Cl. The molecule has 0 aromatic heterocycles. The molecular weight excluding hydrogens is 322 g/mol. The number of carbonyl (C=O) groups excluding carboxylic acids is 1. The second-order valence-corrected chi connectivity index (χ2v) is 6.69. The molecule has 126 valence electrons. The first kappa shape index (κ1) is 16.8. The fourth-order valence-corrected chi connectivity index (χ4v) is 3.45. The summed E-state index contributed by atoms with van der Waals surface area (Å²) < 4.78 is 5.12. The van der Waals surface area contributed by atoms with Crippen molar-refractivity contribution in [2.24, 2.45) is 0 Å². The molecule has 1 unspecified atom stereocenters. The Morgan fingerprint density at radius 3 is 2.58 bits per heavy atom. The van der Waals surface area contributed by atoms with Gasteiger partial charge in [0.15, 0.2) is 0 Å². The van der Waals surface area contributed by atoms with Crippen molar-refractivity contribution in [2.45, 2.75) is 38.6 Å². The number of carbonyl (C=O) groups is 1. The van der Waals surface area contributed by atoms with Gasteiger partial charge in [-0.25, -0.2) is 0 Å². The van der Waals surface area contributed by atoms with Gasteiger partial charge in [0.25, 0.3) is 5.91 Å². The minimum absolute atomic E-state index is 0.0504. The van der Waals surface area contributed by atoms with Crippen LogP contribution in [0.2, 0.25) is 5.02 Å². The van der Waals surface area contributed by atoms with Crippen molar-refractivity contribution in [3.8, 4) is 5.75 Å². The molecule has 3 rings (SSSR count). The molecule has 2 aromatic carbocycles. The Morgan fingerprint density at radius 1 is 1.12 bits per heavy atom. The number of amides is 1. The van der Waals surface area contributed by atoms with E-state index < -0.39 is 0 Å². The molecule has 4 heteroatoms. The second-order valence-electron chi connectivity index (χ2n) is 6.28. The van der Waals surface area contributed by atoms with Crippen LogP contribution in [-0.4, -0.2) is 13.0 Å². The summed E-state index contributed by atoms with van der Waals surface area (Å²) in [5.74, 6) is 0.431. The smallest absolute Gasteiger partial charge is 0.251 e. The average Bonchev–Trinajstić information content (AvgIpc) is 2.61. The first-order chi connectivity index (χ1) is 11.6. The van der Waals surface area contributed by atoms with Crippen molar-refractivity contribution in [3.05, 3.63) is 63.7 Å². The van der Waals surface area contributed by atoms with Gasteiger partial charge in [0.1, 0.15) is 5.75 Å². The topological polar surface area (TPSA) is 38.3 Å². The lowest BCUT2D eigenvalue weighted by atomic mass is 9.89. The number of benzene rings is 2. The van der Waals surface area contributed by atoms with Crippen molar-refractivity contribution in [3.63, 3.8) is 0 Å². The zero-order chi connectivity index (χ0) is 17.1. The zero-order valence-corrected chi connectivity index (χ0v) is 14.8. The van der Waals surface area contributed by atoms with E-state index in [0.717, 1.165) is 12.0 Å². The summed E-state index contributed by atoms with van der Waals surface area (Å²) in [6, 6.07) is 11.6. The van der Waals surface area contributed by atoms with Gasteiger partial charge in [-0.15, -0.1) is 0 Å². The van der Waals surface area contributed by atoms with Gasteiger partial charge < -0.3 is 10.1 Å². The number of nitrogens with one attached hydrogen (secondary N) is 1. The van der Waals surface area contributed by atoms with Gasteiger partial charge in [-0.05, 0) is 67.5 Å². The van der Waals surface area contributed by atoms with Gasteiger partial charge >= 0.3 is 0 Å². The highest BCUT2D eigenvalue weighted by molar-refractivity contribution is 6.32. The Bertz CT molecular complexity index is 757. The van der Waals surface area contributed by atoms with Gasteiger partial charge in [-0.3, -0.25) is 4.79 Å². The van der Waals surface area contributed by atoms with Gasteiger partial charge in [0.2, 0.25) is 0 Å². The van der Waals surface area contributed by atoms with Crippen LogP contribution in [0.3, 0.4) is 0 Å². The van der Waals surface area contributed by atoms with Gasteiger partial charge in [-0.2, -0.15) is 0 Å². The number of rotatable bonds is 4. The third-order valence-electron chi connectivity index (χ3n) is 4.63. The zero-order valence-electron chi connectivity index (χ0n) is 14.1. The molecule has 0 spiro atoms. The maximum Gasteiger partial charge on any atom is 0.251 e. The number of hydrogen-bond donors (Lipinski definition) is 1. The number of aryl methyl sites for hydroxylation is 2. The quantitative estimate of drug-likeness (QED) is 0.872. The van der Waals surface area contributed by atoms with E-state index in [1.807, 2.05) is 6.92 Å². The van der Waals surface area contributed by atoms with Crippen molar-refractivity contribution in [1.82, 2.24) is 5.32 Å². The predicted molar refractivity (Wildman–Crippen MR) is 97.0 cm³/mol. The lowest BCUT2D eigenvalue weighted by molar-refractivity contribution is 0.0940. The minimum Gasteiger partial charge on any atom is -0.495 e. The summed E-state index contributed by atoms with van der Waals surface area (Å²) in [6.45, 7) is 2.01. The molecule has 1 N–H and O–H groups in total. The molecule has 0 bridgehead atoms. The molecule has 1 aliphatic carbocycles. The Morgan fingerprint density at radius 2 is 1.88 bits per heavy atom. The Hall–Kier alpha value is -2.00. The molecule has 2 aromatic rings. The highest BCUT2D eigenvalue weighted by Gasteiger charge is 2.15. The third kappa shape index (κ3) is 3.57. The van der Waals surface area contributed by atoms with Crippen molar-refractivity contribution in [2.75, 3.05) is 7.11 Å². The van der Waals surface area contributed by atoms with E-state index in [1.165, 1.54) is 30.4 Å². The van der Waals surface area contributed by atoms with E-state index in [9.17, 15) is 4.79 Å². The molecule has 24 heavy (non-hydrogen) atoms. The summed E-state index contributed by atoms with van der Waals surface area (Å²) in [7, 11) is 1.55. The van der Waals surface area contributed by atoms with E-state index >= 15 is 0 Å².